The van der Waals surface area contributed by atoms with Crippen LogP contribution in [0.25, 0.3) is 0 Å². The Bertz CT molecular complexity index is 359. The Morgan fingerprint density at radius 1 is 1.67 bits per heavy atom. The van der Waals surface area contributed by atoms with Gasteiger partial charge in [0.2, 0.25) is 0 Å². The molecular weight excluding hydrogens is 198 g/mol. The Hall–Kier alpha value is -2.11. The van der Waals surface area contributed by atoms with Gasteiger partial charge in [-0.3, -0.25) is 9.59 Å². The molecule has 0 aliphatic heterocycles. The number of H-pyrrole nitrogens is 1. The van der Waals surface area contributed by atoms with E-state index in [0.29, 0.717) is 0 Å². The minimum Gasteiger partial charge on any atom is -0.480 e. The zero-order valence-corrected chi connectivity index (χ0v) is 8.01. The van der Waals surface area contributed by atoms with Crippen LogP contribution in [0.2, 0.25) is 0 Å². The maximum Gasteiger partial charge on any atom is 0.323 e. The number of aliphatic carboxylic acids is 1. The average Bonchev–Trinajstić information content (AvgIpc) is 2.68. The number of aromatic nitrogens is 2. The summed E-state index contributed by atoms with van der Waals surface area (Å²) in [4.78, 5) is 29.6. The molecule has 1 heterocycles. The lowest BCUT2D eigenvalue weighted by Crippen LogP contribution is -2.35. The van der Waals surface area contributed by atoms with E-state index in [9.17, 15) is 9.59 Å². The maximum atomic E-state index is 11.7. The Balaban J connectivity index is 2.75. The number of aromatic amines is 1. The summed E-state index contributed by atoms with van der Waals surface area (Å²) in [6, 6.07) is 0. The summed E-state index contributed by atoms with van der Waals surface area (Å²) in [5.41, 5.74) is 0.262. The number of carbonyl (C=O) groups is 2. The molecule has 0 saturated heterocycles. The van der Waals surface area contributed by atoms with Crippen molar-refractivity contribution in [2.45, 2.75) is 0 Å². The van der Waals surface area contributed by atoms with Gasteiger partial charge in [-0.15, -0.1) is 6.58 Å². The van der Waals surface area contributed by atoms with Gasteiger partial charge in [0.15, 0.2) is 0 Å². The van der Waals surface area contributed by atoms with Crippen molar-refractivity contribution in [3.8, 4) is 0 Å². The lowest BCUT2D eigenvalue weighted by molar-refractivity contribution is -0.137. The second kappa shape index (κ2) is 4.94. The van der Waals surface area contributed by atoms with Crippen LogP contribution in [0.3, 0.4) is 0 Å². The van der Waals surface area contributed by atoms with Crippen molar-refractivity contribution in [3.05, 3.63) is 30.9 Å². The number of carboxylic acids is 1. The number of nitrogens with one attached hydrogen (secondary N) is 1. The van der Waals surface area contributed by atoms with Crippen LogP contribution >= 0.6 is 0 Å². The fourth-order valence-corrected chi connectivity index (χ4v) is 1.08. The van der Waals surface area contributed by atoms with Crippen molar-refractivity contribution in [1.82, 2.24) is 14.9 Å². The molecule has 1 aromatic heterocycles. The highest BCUT2D eigenvalue weighted by Crippen LogP contribution is 2.00. The van der Waals surface area contributed by atoms with Crippen LogP contribution in [0.4, 0.5) is 0 Å². The molecule has 0 atom stereocenters. The molecule has 6 heteroatoms. The van der Waals surface area contributed by atoms with E-state index < -0.39 is 11.9 Å². The summed E-state index contributed by atoms with van der Waals surface area (Å²) in [7, 11) is 0. The molecule has 2 N–H and O–H groups in total. The highest BCUT2D eigenvalue weighted by Gasteiger charge is 2.17. The standard InChI is InChI=1S/C9H11N3O3/c1-2-3-12(5-8(13)14)9(15)7-4-10-6-11-7/h2,4,6H,1,3,5H2,(H,10,11)(H,13,14). The molecule has 80 valence electrons. The fourth-order valence-electron chi connectivity index (χ4n) is 1.08. The molecule has 1 rings (SSSR count). The Morgan fingerprint density at radius 3 is 2.87 bits per heavy atom. The highest BCUT2D eigenvalue weighted by atomic mass is 16.4. The molecule has 0 saturated carbocycles. The predicted molar refractivity (Wildman–Crippen MR) is 52.3 cm³/mol. The SMILES string of the molecule is C=CCN(CC(=O)O)C(=O)c1cnc[nH]1. The van der Waals surface area contributed by atoms with E-state index in [1.54, 1.807) is 0 Å². The third-order valence-electron chi connectivity index (χ3n) is 1.69. The molecule has 0 aliphatic carbocycles. The number of hydrogen-bond acceptors (Lipinski definition) is 3. The van der Waals surface area contributed by atoms with Gasteiger partial charge >= 0.3 is 5.97 Å². The quantitative estimate of drug-likeness (QED) is 0.674. The van der Waals surface area contributed by atoms with Gasteiger partial charge in [0.1, 0.15) is 12.2 Å². The lowest BCUT2D eigenvalue weighted by Gasteiger charge is -2.17. The summed E-state index contributed by atoms with van der Waals surface area (Å²) >= 11 is 0. The molecule has 0 unspecified atom stereocenters. The van der Waals surface area contributed by atoms with Crippen LogP contribution in [-0.4, -0.2) is 44.9 Å². The Kier molecular flexibility index (Phi) is 3.61. The first-order valence-corrected chi connectivity index (χ1v) is 4.25. The van der Waals surface area contributed by atoms with Gasteiger partial charge in [0, 0.05) is 6.54 Å². The second-order valence-corrected chi connectivity index (χ2v) is 2.83. The number of hydrogen-bond donors (Lipinski definition) is 2. The monoisotopic (exact) mass is 209 g/mol. The molecule has 0 spiro atoms. The molecule has 1 aromatic rings. The van der Waals surface area contributed by atoms with E-state index in [-0.39, 0.29) is 18.8 Å². The number of nitrogens with zero attached hydrogens (tertiary/aromatic N) is 2. The fraction of sp³-hybridized carbons (Fsp3) is 0.222. The van der Waals surface area contributed by atoms with Crippen molar-refractivity contribution >= 4 is 11.9 Å². The molecule has 0 fully saturated rings. The summed E-state index contributed by atoms with van der Waals surface area (Å²) in [6.07, 6.45) is 4.18. The Morgan fingerprint density at radius 2 is 2.40 bits per heavy atom. The number of amides is 1. The minimum absolute atomic E-state index is 0.185. The van der Waals surface area contributed by atoms with E-state index in [1.165, 1.54) is 18.6 Å². The van der Waals surface area contributed by atoms with E-state index in [1.807, 2.05) is 0 Å². The van der Waals surface area contributed by atoms with Crippen LogP contribution in [0.1, 0.15) is 10.5 Å². The minimum atomic E-state index is -1.07. The van der Waals surface area contributed by atoms with Gasteiger partial charge in [-0.1, -0.05) is 6.08 Å². The van der Waals surface area contributed by atoms with Crippen LogP contribution in [0.15, 0.2) is 25.2 Å². The first-order valence-electron chi connectivity index (χ1n) is 4.25. The van der Waals surface area contributed by atoms with Gasteiger partial charge in [0.25, 0.3) is 5.91 Å². The summed E-state index contributed by atoms with van der Waals surface area (Å²) in [5.74, 6) is -1.47. The molecule has 0 aliphatic rings. The molecule has 6 nitrogen and oxygen atoms in total. The third-order valence-corrected chi connectivity index (χ3v) is 1.69. The maximum absolute atomic E-state index is 11.7. The van der Waals surface area contributed by atoms with E-state index >= 15 is 0 Å². The number of carboxylic acid groups (broad SMARTS) is 1. The smallest absolute Gasteiger partial charge is 0.323 e. The number of rotatable bonds is 5. The lowest BCUT2D eigenvalue weighted by atomic mass is 10.3. The summed E-state index contributed by atoms with van der Waals surface area (Å²) < 4.78 is 0. The van der Waals surface area contributed by atoms with Crippen molar-refractivity contribution < 1.29 is 14.7 Å². The third kappa shape index (κ3) is 2.94. The first kappa shape index (κ1) is 11.0. The number of imidazole rings is 1. The van der Waals surface area contributed by atoms with Crippen molar-refractivity contribution in [2.24, 2.45) is 0 Å². The van der Waals surface area contributed by atoms with E-state index in [2.05, 4.69) is 16.5 Å². The largest absolute Gasteiger partial charge is 0.480 e. The highest BCUT2D eigenvalue weighted by molar-refractivity contribution is 5.94. The number of carbonyl (C=O) groups excluding carboxylic acids is 1. The van der Waals surface area contributed by atoms with Crippen LogP contribution in [0.5, 0.6) is 0 Å². The molecule has 1 amide bonds. The van der Waals surface area contributed by atoms with Crippen LogP contribution in [-0.2, 0) is 4.79 Å². The van der Waals surface area contributed by atoms with E-state index in [0.717, 1.165) is 4.90 Å². The van der Waals surface area contributed by atoms with Crippen LogP contribution < -0.4 is 0 Å². The summed E-state index contributed by atoms with van der Waals surface area (Å²) in [5, 5.41) is 8.60. The van der Waals surface area contributed by atoms with Gasteiger partial charge < -0.3 is 15.0 Å². The van der Waals surface area contributed by atoms with Gasteiger partial charge in [-0.2, -0.15) is 0 Å². The second-order valence-electron chi connectivity index (χ2n) is 2.83. The van der Waals surface area contributed by atoms with Gasteiger partial charge in [-0.05, 0) is 0 Å². The van der Waals surface area contributed by atoms with Crippen molar-refractivity contribution in [3.63, 3.8) is 0 Å². The van der Waals surface area contributed by atoms with Crippen molar-refractivity contribution in [2.75, 3.05) is 13.1 Å². The molecule has 0 bridgehead atoms. The first-order chi connectivity index (χ1) is 7.15. The average molecular weight is 209 g/mol. The summed E-state index contributed by atoms with van der Waals surface area (Å²) in [6.45, 7) is 3.29. The zero-order chi connectivity index (χ0) is 11.3. The topological polar surface area (TPSA) is 86.3 Å². The molecular formula is C9H11N3O3. The van der Waals surface area contributed by atoms with Crippen molar-refractivity contribution in [1.29, 1.82) is 0 Å². The van der Waals surface area contributed by atoms with Gasteiger partial charge in [0.05, 0.1) is 12.5 Å². The molecule has 15 heavy (non-hydrogen) atoms. The predicted octanol–water partition coefficient (Wildman–Crippen LogP) is 0.122. The molecule has 0 radical (unpaired) electrons. The zero-order valence-electron chi connectivity index (χ0n) is 8.01. The van der Waals surface area contributed by atoms with Gasteiger partial charge in [-0.25, -0.2) is 4.98 Å². The normalized spacial score (nSPS) is 9.60. The van der Waals surface area contributed by atoms with Crippen LogP contribution in [0, 0.1) is 0 Å². The molecule has 0 aromatic carbocycles. The Labute approximate surface area is 86.2 Å². The van der Waals surface area contributed by atoms with E-state index in [4.69, 9.17) is 5.11 Å².